The molecule has 104 valence electrons. The van der Waals surface area contributed by atoms with E-state index in [0.29, 0.717) is 17.3 Å². The first-order chi connectivity index (χ1) is 9.02. The number of nitrogen functional groups attached to an aromatic ring is 1. The molecule has 1 aromatic carbocycles. The lowest BCUT2D eigenvalue weighted by atomic mass is 10.1. The Morgan fingerprint density at radius 1 is 1.42 bits per heavy atom. The minimum absolute atomic E-state index is 0.339. The molecular weight excluding hydrogens is 242 g/mol. The van der Waals surface area contributed by atoms with Gasteiger partial charge in [0.25, 0.3) is 0 Å². The van der Waals surface area contributed by atoms with Gasteiger partial charge in [-0.3, -0.25) is 0 Å². The summed E-state index contributed by atoms with van der Waals surface area (Å²) in [5.74, 6) is -0.339. The molecule has 0 bridgehead atoms. The van der Waals surface area contributed by atoms with Gasteiger partial charge in [-0.25, -0.2) is 4.79 Å². The summed E-state index contributed by atoms with van der Waals surface area (Å²) in [5.41, 5.74) is 7.79. The molecule has 0 spiro atoms. The average molecular weight is 263 g/mol. The van der Waals surface area contributed by atoms with E-state index >= 15 is 0 Å². The van der Waals surface area contributed by atoms with Crippen LogP contribution >= 0.6 is 0 Å². The largest absolute Gasteiger partial charge is 0.465 e. The minimum Gasteiger partial charge on any atom is -0.465 e. The van der Waals surface area contributed by atoms with Gasteiger partial charge in [0.05, 0.1) is 18.4 Å². The topological polar surface area (TPSA) is 58.8 Å². The maximum absolute atomic E-state index is 11.9. The molecule has 1 aliphatic rings. The molecule has 1 heterocycles. The molecule has 1 aromatic rings. The molecule has 1 saturated heterocycles. The zero-order chi connectivity index (χ0) is 14.0. The van der Waals surface area contributed by atoms with Crippen LogP contribution in [0, 0.1) is 0 Å². The van der Waals surface area contributed by atoms with Crippen LogP contribution in [0.15, 0.2) is 18.2 Å². The van der Waals surface area contributed by atoms with Crippen molar-refractivity contribution >= 4 is 17.3 Å². The molecule has 0 aliphatic carbocycles. The Morgan fingerprint density at radius 2 is 2.16 bits per heavy atom. The van der Waals surface area contributed by atoms with Gasteiger partial charge in [-0.15, -0.1) is 0 Å². The summed E-state index contributed by atoms with van der Waals surface area (Å²) in [6.45, 7) is 5.01. The van der Waals surface area contributed by atoms with Crippen LogP contribution in [0.4, 0.5) is 11.4 Å². The van der Waals surface area contributed by atoms with Gasteiger partial charge in [0.15, 0.2) is 0 Å². The minimum atomic E-state index is -0.339. The first-order valence-corrected chi connectivity index (χ1v) is 6.46. The Labute approximate surface area is 113 Å². The summed E-state index contributed by atoms with van der Waals surface area (Å²) in [6.07, 6.45) is 0. The predicted octanol–water partition coefficient (Wildman–Crippen LogP) is 1.20. The van der Waals surface area contributed by atoms with E-state index in [1.165, 1.54) is 7.11 Å². The van der Waals surface area contributed by atoms with E-state index in [1.54, 1.807) is 6.07 Å². The number of methoxy groups -OCH3 is 1. The lowest BCUT2D eigenvalue weighted by Crippen LogP contribution is -2.51. The highest BCUT2D eigenvalue weighted by Gasteiger charge is 2.25. The Balaban J connectivity index is 2.36. The summed E-state index contributed by atoms with van der Waals surface area (Å²) in [4.78, 5) is 16.4. The smallest absolute Gasteiger partial charge is 0.340 e. The first-order valence-electron chi connectivity index (χ1n) is 6.46. The monoisotopic (exact) mass is 263 g/mol. The lowest BCUT2D eigenvalue weighted by molar-refractivity contribution is 0.0601. The van der Waals surface area contributed by atoms with Crippen molar-refractivity contribution in [2.24, 2.45) is 0 Å². The summed E-state index contributed by atoms with van der Waals surface area (Å²) in [5, 5.41) is 0. The Kier molecular flexibility index (Phi) is 3.95. The van der Waals surface area contributed by atoms with Gasteiger partial charge in [-0.1, -0.05) is 0 Å². The van der Waals surface area contributed by atoms with Crippen molar-refractivity contribution in [3.05, 3.63) is 23.8 Å². The van der Waals surface area contributed by atoms with E-state index in [0.717, 1.165) is 25.3 Å². The van der Waals surface area contributed by atoms with Crippen molar-refractivity contribution in [3.63, 3.8) is 0 Å². The van der Waals surface area contributed by atoms with Crippen molar-refractivity contribution in [1.29, 1.82) is 0 Å². The van der Waals surface area contributed by atoms with E-state index in [1.807, 2.05) is 12.1 Å². The number of hydrogen-bond acceptors (Lipinski definition) is 5. The van der Waals surface area contributed by atoms with E-state index in [9.17, 15) is 4.79 Å². The molecule has 1 atom stereocenters. The van der Waals surface area contributed by atoms with Crippen LogP contribution in [0.2, 0.25) is 0 Å². The van der Waals surface area contributed by atoms with Crippen molar-refractivity contribution in [3.8, 4) is 0 Å². The standard InChI is InChI=1S/C14H21N3O2/c1-10-9-16(2)6-7-17(10)13-5-4-11(15)8-12(13)14(18)19-3/h4-5,8,10H,6-7,9,15H2,1-3H3. The predicted molar refractivity (Wildman–Crippen MR) is 76.5 cm³/mol. The van der Waals surface area contributed by atoms with Gasteiger partial charge >= 0.3 is 5.97 Å². The molecule has 2 rings (SSSR count). The van der Waals surface area contributed by atoms with Crippen LogP contribution in [0.1, 0.15) is 17.3 Å². The zero-order valence-corrected chi connectivity index (χ0v) is 11.7. The molecule has 2 N–H and O–H groups in total. The van der Waals surface area contributed by atoms with Crippen LogP contribution in [-0.2, 0) is 4.74 Å². The number of rotatable bonds is 2. The van der Waals surface area contributed by atoms with Crippen molar-refractivity contribution in [2.45, 2.75) is 13.0 Å². The second-order valence-electron chi connectivity index (χ2n) is 5.07. The quantitative estimate of drug-likeness (QED) is 0.641. The number of esters is 1. The van der Waals surface area contributed by atoms with Crippen LogP contribution in [0.25, 0.3) is 0 Å². The van der Waals surface area contributed by atoms with Gasteiger partial charge < -0.3 is 20.3 Å². The summed E-state index contributed by atoms with van der Waals surface area (Å²) >= 11 is 0. The highest BCUT2D eigenvalue weighted by Crippen LogP contribution is 2.27. The second-order valence-corrected chi connectivity index (χ2v) is 5.07. The highest BCUT2D eigenvalue weighted by atomic mass is 16.5. The molecule has 1 aliphatic heterocycles. The second kappa shape index (κ2) is 5.48. The molecule has 1 fully saturated rings. The molecule has 0 radical (unpaired) electrons. The van der Waals surface area contributed by atoms with Gasteiger partial charge in [-0.05, 0) is 32.2 Å². The maximum atomic E-state index is 11.9. The molecule has 0 amide bonds. The van der Waals surface area contributed by atoms with Gasteiger partial charge in [0, 0.05) is 31.4 Å². The molecular formula is C14H21N3O2. The lowest BCUT2D eigenvalue weighted by Gasteiger charge is -2.40. The third-order valence-electron chi connectivity index (χ3n) is 3.57. The number of piperazine rings is 1. The molecule has 0 saturated carbocycles. The van der Waals surface area contributed by atoms with Crippen LogP contribution in [0.3, 0.4) is 0 Å². The van der Waals surface area contributed by atoms with Crippen LogP contribution in [-0.4, -0.2) is 50.7 Å². The fourth-order valence-corrected chi connectivity index (χ4v) is 2.58. The number of nitrogens with two attached hydrogens (primary N) is 1. The fourth-order valence-electron chi connectivity index (χ4n) is 2.58. The van der Waals surface area contributed by atoms with E-state index in [-0.39, 0.29) is 5.97 Å². The molecule has 5 heteroatoms. The number of carbonyl (C=O) groups is 1. The van der Waals surface area contributed by atoms with Crippen molar-refractivity contribution in [1.82, 2.24) is 4.90 Å². The summed E-state index contributed by atoms with van der Waals surface area (Å²) < 4.78 is 4.85. The van der Waals surface area contributed by atoms with Gasteiger partial charge in [-0.2, -0.15) is 0 Å². The van der Waals surface area contributed by atoms with Crippen molar-refractivity contribution in [2.75, 3.05) is 44.4 Å². The number of ether oxygens (including phenoxy) is 1. The Hall–Kier alpha value is -1.75. The normalized spacial score (nSPS) is 20.4. The average Bonchev–Trinajstić information content (AvgIpc) is 2.38. The molecule has 1 unspecified atom stereocenters. The van der Waals surface area contributed by atoms with Crippen LogP contribution in [0.5, 0.6) is 0 Å². The Bertz CT molecular complexity index is 476. The Morgan fingerprint density at radius 3 is 2.79 bits per heavy atom. The molecule has 19 heavy (non-hydrogen) atoms. The number of likely N-dealkylation sites (N-methyl/N-ethyl adjacent to an activating group) is 1. The van der Waals surface area contributed by atoms with Crippen molar-refractivity contribution < 1.29 is 9.53 Å². The highest BCUT2D eigenvalue weighted by molar-refractivity contribution is 5.97. The van der Waals surface area contributed by atoms with E-state index in [2.05, 4.69) is 23.8 Å². The fraction of sp³-hybridized carbons (Fsp3) is 0.500. The SMILES string of the molecule is COC(=O)c1cc(N)ccc1N1CCN(C)CC1C. The van der Waals surface area contributed by atoms with Crippen LogP contribution < -0.4 is 10.6 Å². The van der Waals surface area contributed by atoms with E-state index in [4.69, 9.17) is 10.5 Å². The van der Waals surface area contributed by atoms with Gasteiger partial charge in [0.2, 0.25) is 0 Å². The maximum Gasteiger partial charge on any atom is 0.340 e. The number of carbonyl (C=O) groups excluding carboxylic acids is 1. The molecule has 0 aromatic heterocycles. The zero-order valence-electron chi connectivity index (χ0n) is 11.7. The number of nitrogens with zero attached hydrogens (tertiary/aromatic N) is 2. The number of benzene rings is 1. The molecule has 5 nitrogen and oxygen atoms in total. The summed E-state index contributed by atoms with van der Waals surface area (Å²) in [6, 6.07) is 5.77. The third-order valence-corrected chi connectivity index (χ3v) is 3.57. The first kappa shape index (κ1) is 13.7. The number of hydrogen-bond donors (Lipinski definition) is 1. The van der Waals surface area contributed by atoms with Gasteiger partial charge in [0.1, 0.15) is 0 Å². The summed E-state index contributed by atoms with van der Waals surface area (Å²) in [7, 11) is 3.50. The number of anilines is 2. The third kappa shape index (κ3) is 2.81. The van der Waals surface area contributed by atoms with E-state index < -0.39 is 0 Å².